The molecular formula is C18H24ClN5OS. The summed E-state index contributed by atoms with van der Waals surface area (Å²) in [5.74, 6) is 1.18. The Hall–Kier alpha value is -1.60. The van der Waals surface area contributed by atoms with Crippen molar-refractivity contribution in [3.05, 3.63) is 29.3 Å². The molecule has 0 bridgehead atoms. The first-order valence-corrected chi connectivity index (χ1v) is 10.2. The molecule has 0 radical (unpaired) electrons. The summed E-state index contributed by atoms with van der Waals surface area (Å²) >= 11 is 7.40. The number of amides is 1. The Morgan fingerprint density at radius 1 is 1.38 bits per heavy atom. The zero-order valence-corrected chi connectivity index (χ0v) is 16.8. The number of thioether (sulfide) groups is 1. The molecule has 8 heteroatoms. The van der Waals surface area contributed by atoms with Gasteiger partial charge in [-0.1, -0.05) is 56.1 Å². The topological polar surface area (TPSA) is 72.7 Å². The fourth-order valence-corrected chi connectivity index (χ4v) is 4.32. The number of hydrogen-bond acceptors (Lipinski definition) is 5. The average molecular weight is 394 g/mol. The third-order valence-corrected chi connectivity index (χ3v) is 6.45. The van der Waals surface area contributed by atoms with Gasteiger partial charge in [0.15, 0.2) is 0 Å². The molecule has 1 N–H and O–H groups in total. The van der Waals surface area contributed by atoms with E-state index in [1.807, 2.05) is 19.1 Å². The van der Waals surface area contributed by atoms with Crippen LogP contribution in [0.5, 0.6) is 0 Å². The van der Waals surface area contributed by atoms with Gasteiger partial charge in [0.05, 0.1) is 10.9 Å². The van der Waals surface area contributed by atoms with Crippen LogP contribution in [0.2, 0.25) is 5.02 Å². The van der Waals surface area contributed by atoms with Crippen molar-refractivity contribution >= 4 is 29.3 Å². The average Bonchev–Trinajstić information content (AvgIpc) is 3.07. The lowest BCUT2D eigenvalue weighted by atomic mass is 9.78. The normalized spacial score (nSPS) is 24.2. The van der Waals surface area contributed by atoms with Gasteiger partial charge >= 0.3 is 0 Å². The van der Waals surface area contributed by atoms with E-state index in [0.29, 0.717) is 22.0 Å². The van der Waals surface area contributed by atoms with Crippen LogP contribution in [0, 0.1) is 11.8 Å². The molecule has 0 spiro atoms. The summed E-state index contributed by atoms with van der Waals surface area (Å²) in [4.78, 5) is 12.7. The van der Waals surface area contributed by atoms with Crippen molar-refractivity contribution in [2.75, 3.05) is 0 Å². The Labute approximate surface area is 163 Å². The molecule has 1 aliphatic carbocycles. The molecule has 0 saturated heterocycles. The van der Waals surface area contributed by atoms with Crippen molar-refractivity contribution in [1.82, 2.24) is 25.5 Å². The Bertz CT molecular complexity index is 768. The third-order valence-electron chi connectivity index (χ3n) is 5.18. The SMILES string of the molecule is C[C@@H]1[C@@H](C)CCC[C@H]1NC(=O)[C@@H](C)Sc1nnnn1-c1cccc(Cl)c1. The number of benzene rings is 1. The van der Waals surface area contributed by atoms with E-state index < -0.39 is 0 Å². The van der Waals surface area contributed by atoms with Gasteiger partial charge in [-0.15, -0.1) is 5.10 Å². The molecule has 1 saturated carbocycles. The maximum atomic E-state index is 12.7. The lowest BCUT2D eigenvalue weighted by Crippen LogP contribution is -2.46. The molecule has 0 aliphatic heterocycles. The zero-order valence-electron chi connectivity index (χ0n) is 15.2. The molecule has 1 aromatic heterocycles. The van der Waals surface area contributed by atoms with Gasteiger partial charge in [-0.05, 0) is 53.8 Å². The van der Waals surface area contributed by atoms with Crippen LogP contribution in [0.3, 0.4) is 0 Å². The number of hydrogen-bond donors (Lipinski definition) is 1. The zero-order chi connectivity index (χ0) is 18.7. The molecule has 0 unspecified atom stereocenters. The van der Waals surface area contributed by atoms with Crippen molar-refractivity contribution in [2.45, 2.75) is 56.5 Å². The largest absolute Gasteiger partial charge is 0.352 e. The van der Waals surface area contributed by atoms with E-state index >= 15 is 0 Å². The van der Waals surface area contributed by atoms with Crippen LogP contribution in [0.4, 0.5) is 0 Å². The minimum absolute atomic E-state index is 0.0293. The Kier molecular flexibility index (Phi) is 6.19. The number of carbonyl (C=O) groups is 1. The molecule has 1 heterocycles. The second-order valence-corrected chi connectivity index (χ2v) is 8.74. The minimum atomic E-state index is -0.289. The molecule has 1 aliphatic rings. The lowest BCUT2D eigenvalue weighted by Gasteiger charge is -2.35. The monoisotopic (exact) mass is 393 g/mol. The first-order valence-electron chi connectivity index (χ1n) is 8.97. The number of aromatic nitrogens is 4. The van der Waals surface area contributed by atoms with Crippen molar-refractivity contribution in [2.24, 2.45) is 11.8 Å². The standard InChI is InChI=1S/C18H24ClN5OS/c1-11-6-4-9-16(12(11)2)20-17(25)13(3)26-18-21-22-23-24(18)15-8-5-7-14(19)10-15/h5,7-8,10-13,16H,4,6,9H2,1-3H3,(H,20,25)/t11-,12+,13+,16+/m0/s1. The number of nitrogens with zero attached hydrogens (tertiary/aromatic N) is 4. The van der Waals surface area contributed by atoms with E-state index in [1.54, 1.807) is 16.8 Å². The number of rotatable bonds is 5. The molecule has 26 heavy (non-hydrogen) atoms. The van der Waals surface area contributed by atoms with Crippen LogP contribution >= 0.6 is 23.4 Å². The van der Waals surface area contributed by atoms with Gasteiger partial charge in [0, 0.05) is 11.1 Å². The summed E-state index contributed by atoms with van der Waals surface area (Å²) in [7, 11) is 0. The summed E-state index contributed by atoms with van der Waals surface area (Å²) in [6.45, 7) is 6.38. The second kappa shape index (κ2) is 8.39. The van der Waals surface area contributed by atoms with Crippen molar-refractivity contribution in [3.8, 4) is 5.69 Å². The van der Waals surface area contributed by atoms with Crippen LogP contribution in [0.1, 0.15) is 40.0 Å². The van der Waals surface area contributed by atoms with E-state index in [2.05, 4.69) is 34.7 Å². The third kappa shape index (κ3) is 4.38. The van der Waals surface area contributed by atoms with E-state index in [0.717, 1.165) is 12.1 Å². The Balaban J connectivity index is 1.66. The summed E-state index contributed by atoms with van der Waals surface area (Å²) in [6.07, 6.45) is 3.46. The van der Waals surface area contributed by atoms with Gasteiger partial charge < -0.3 is 5.32 Å². The number of halogens is 1. The van der Waals surface area contributed by atoms with Gasteiger partial charge in [0.25, 0.3) is 0 Å². The predicted octanol–water partition coefficient (Wildman–Crippen LogP) is 3.74. The molecule has 4 atom stereocenters. The van der Waals surface area contributed by atoms with Gasteiger partial charge in [0.2, 0.25) is 11.1 Å². The maximum absolute atomic E-state index is 12.7. The molecule has 6 nitrogen and oxygen atoms in total. The van der Waals surface area contributed by atoms with E-state index in [1.165, 1.54) is 24.6 Å². The van der Waals surface area contributed by atoms with Crippen LogP contribution < -0.4 is 5.32 Å². The molecule has 1 amide bonds. The van der Waals surface area contributed by atoms with Crippen LogP contribution in [-0.4, -0.2) is 37.4 Å². The van der Waals surface area contributed by atoms with Crippen LogP contribution in [-0.2, 0) is 4.79 Å². The number of carbonyl (C=O) groups excluding carboxylic acids is 1. The van der Waals surface area contributed by atoms with E-state index in [-0.39, 0.29) is 17.2 Å². The van der Waals surface area contributed by atoms with E-state index in [9.17, 15) is 4.79 Å². The van der Waals surface area contributed by atoms with Gasteiger partial charge in [-0.25, -0.2) is 0 Å². The minimum Gasteiger partial charge on any atom is -0.352 e. The first-order chi connectivity index (χ1) is 12.5. The Morgan fingerprint density at radius 3 is 2.96 bits per heavy atom. The van der Waals surface area contributed by atoms with Gasteiger partial charge in [-0.2, -0.15) is 4.68 Å². The van der Waals surface area contributed by atoms with Gasteiger partial charge in [0.1, 0.15) is 0 Å². The van der Waals surface area contributed by atoms with E-state index in [4.69, 9.17) is 11.6 Å². The highest BCUT2D eigenvalue weighted by atomic mass is 35.5. The highest BCUT2D eigenvalue weighted by Crippen LogP contribution is 2.30. The molecule has 2 aromatic rings. The highest BCUT2D eigenvalue weighted by Gasteiger charge is 2.30. The number of tetrazole rings is 1. The smallest absolute Gasteiger partial charge is 0.233 e. The summed E-state index contributed by atoms with van der Waals surface area (Å²) < 4.78 is 1.60. The molecule has 1 aromatic carbocycles. The van der Waals surface area contributed by atoms with Crippen molar-refractivity contribution < 1.29 is 4.79 Å². The molecular weight excluding hydrogens is 370 g/mol. The van der Waals surface area contributed by atoms with Crippen molar-refractivity contribution in [1.29, 1.82) is 0 Å². The Morgan fingerprint density at radius 2 is 2.19 bits per heavy atom. The lowest BCUT2D eigenvalue weighted by molar-refractivity contribution is -0.121. The van der Waals surface area contributed by atoms with Crippen LogP contribution in [0.25, 0.3) is 5.69 Å². The summed E-state index contributed by atoms with van der Waals surface area (Å²) in [5.41, 5.74) is 0.771. The predicted molar refractivity (Wildman–Crippen MR) is 104 cm³/mol. The highest BCUT2D eigenvalue weighted by molar-refractivity contribution is 8.00. The number of nitrogens with one attached hydrogen (secondary N) is 1. The molecule has 140 valence electrons. The summed E-state index contributed by atoms with van der Waals surface area (Å²) in [6, 6.07) is 7.55. The fraction of sp³-hybridized carbons (Fsp3) is 0.556. The van der Waals surface area contributed by atoms with Crippen molar-refractivity contribution in [3.63, 3.8) is 0 Å². The van der Waals surface area contributed by atoms with Gasteiger partial charge in [-0.3, -0.25) is 4.79 Å². The fourth-order valence-electron chi connectivity index (χ4n) is 3.32. The molecule has 3 rings (SSSR count). The second-order valence-electron chi connectivity index (χ2n) is 7.00. The quantitative estimate of drug-likeness (QED) is 0.783. The first kappa shape index (κ1) is 19.2. The maximum Gasteiger partial charge on any atom is 0.233 e. The molecule has 1 fully saturated rings. The summed E-state index contributed by atoms with van der Waals surface area (Å²) in [5, 5.41) is 15.9. The van der Waals surface area contributed by atoms with Crippen LogP contribution in [0.15, 0.2) is 29.4 Å².